The van der Waals surface area contributed by atoms with Gasteiger partial charge in [0.1, 0.15) is 17.6 Å². The predicted octanol–water partition coefficient (Wildman–Crippen LogP) is 2.43. The summed E-state index contributed by atoms with van der Waals surface area (Å²) in [4.78, 5) is 77.8. The van der Waals surface area contributed by atoms with E-state index in [1.165, 1.54) is 9.80 Å². The van der Waals surface area contributed by atoms with Gasteiger partial charge in [-0.25, -0.2) is 14.8 Å². The van der Waals surface area contributed by atoms with Crippen molar-refractivity contribution in [2.75, 3.05) is 57.4 Å². The number of carboxylic acid groups (broad SMARTS) is 1. The van der Waals surface area contributed by atoms with Crippen molar-refractivity contribution in [3.63, 3.8) is 0 Å². The van der Waals surface area contributed by atoms with Crippen molar-refractivity contribution in [1.82, 2.24) is 25.1 Å². The summed E-state index contributed by atoms with van der Waals surface area (Å²) in [5, 5.41) is 12.1. The fourth-order valence-electron chi connectivity index (χ4n) is 6.21. The van der Waals surface area contributed by atoms with E-state index in [0.29, 0.717) is 43.5 Å². The van der Waals surface area contributed by atoms with Crippen molar-refractivity contribution in [1.29, 1.82) is 0 Å². The van der Waals surface area contributed by atoms with Crippen LogP contribution in [-0.2, 0) is 23.9 Å². The van der Waals surface area contributed by atoms with Gasteiger partial charge in [-0.3, -0.25) is 19.2 Å². The van der Waals surface area contributed by atoms with Crippen LogP contribution in [0.2, 0.25) is 0 Å². The second-order valence-electron chi connectivity index (χ2n) is 12.1. The molecule has 0 spiro atoms. The molecule has 2 saturated heterocycles. The molecule has 1 saturated carbocycles. The van der Waals surface area contributed by atoms with Gasteiger partial charge in [-0.15, -0.1) is 0 Å². The van der Waals surface area contributed by atoms with Crippen LogP contribution in [0.3, 0.4) is 0 Å². The second-order valence-corrected chi connectivity index (χ2v) is 12.1. The van der Waals surface area contributed by atoms with E-state index in [4.69, 9.17) is 14.5 Å². The maximum Gasteiger partial charge on any atom is 0.409 e. The smallest absolute Gasteiger partial charge is 0.409 e. The van der Waals surface area contributed by atoms with Crippen LogP contribution in [0, 0.1) is 17.8 Å². The van der Waals surface area contributed by atoms with Gasteiger partial charge in [-0.05, 0) is 31.6 Å². The van der Waals surface area contributed by atoms with E-state index >= 15 is 0 Å². The molecule has 1 aromatic heterocycles. The Morgan fingerprint density at radius 3 is 2.28 bits per heavy atom. The fourth-order valence-corrected chi connectivity index (χ4v) is 6.21. The number of anilines is 1. The molecular weight excluding hydrogens is 608 g/mol. The second kappa shape index (κ2) is 15.2. The van der Waals surface area contributed by atoms with Crippen LogP contribution in [-0.4, -0.2) is 113 Å². The quantitative estimate of drug-likeness (QED) is 0.241. The lowest BCUT2D eigenvalue weighted by Crippen LogP contribution is -2.56. The van der Waals surface area contributed by atoms with E-state index in [-0.39, 0.29) is 68.4 Å². The van der Waals surface area contributed by atoms with Crippen molar-refractivity contribution in [3.05, 3.63) is 42.1 Å². The topological polar surface area (TPSA) is 172 Å². The number of ether oxygens (including phenoxy) is 2. The summed E-state index contributed by atoms with van der Waals surface area (Å²) in [7, 11) is 0. The number of carboxylic acids is 1. The number of piperazine rings is 1. The number of rotatable bonds is 13. The molecular formula is C33H42N6O8. The summed E-state index contributed by atoms with van der Waals surface area (Å²) < 4.78 is 10.5. The highest BCUT2D eigenvalue weighted by molar-refractivity contribution is 5.97. The minimum absolute atomic E-state index is 0.0316. The third-order valence-corrected chi connectivity index (χ3v) is 8.88. The zero-order chi connectivity index (χ0) is 33.5. The maximum atomic E-state index is 13.7. The maximum absolute atomic E-state index is 13.7. The number of piperidine rings is 1. The van der Waals surface area contributed by atoms with Gasteiger partial charge in [0.15, 0.2) is 5.82 Å². The van der Waals surface area contributed by atoms with Crippen molar-refractivity contribution >= 4 is 35.7 Å². The normalized spacial score (nSPS) is 20.6. The Morgan fingerprint density at radius 1 is 0.957 bits per heavy atom. The van der Waals surface area contributed by atoms with Crippen molar-refractivity contribution < 1.29 is 38.6 Å². The lowest BCUT2D eigenvalue weighted by atomic mass is 10.1. The molecule has 5 rings (SSSR count). The van der Waals surface area contributed by atoms with E-state index < -0.39 is 29.9 Å². The first-order valence-corrected chi connectivity index (χ1v) is 16.3. The Bertz CT molecular complexity index is 1450. The van der Waals surface area contributed by atoms with E-state index in [9.17, 15) is 29.1 Å². The molecule has 0 bridgehead atoms. The number of benzene rings is 1. The molecule has 14 nitrogen and oxygen atoms in total. The number of carbonyl (C=O) groups is 5. The summed E-state index contributed by atoms with van der Waals surface area (Å²) in [5.41, 5.74) is 0.728. The molecule has 2 aliphatic heterocycles. The van der Waals surface area contributed by atoms with Crippen LogP contribution in [0.25, 0.3) is 11.4 Å². The van der Waals surface area contributed by atoms with Gasteiger partial charge in [-0.2, -0.15) is 0 Å². The Morgan fingerprint density at radius 2 is 1.64 bits per heavy atom. The molecule has 2 aromatic rings. The molecule has 2 unspecified atom stereocenters. The van der Waals surface area contributed by atoms with Gasteiger partial charge < -0.3 is 34.6 Å². The van der Waals surface area contributed by atoms with E-state index in [1.807, 2.05) is 42.2 Å². The number of aliphatic carboxylic acids is 1. The largest absolute Gasteiger partial charge is 0.481 e. The standard InChI is InChI=1S/C33H42N6O8/c1-3-5-17-47-33(45)38-15-13-37(14-16-38)31(43)24(11-12-27(40)41)35-30(42)25-18-26(36-29(34-25)21-9-7-6-8-10-21)39-19-22-23(20-39)28(22)32(44)46-4-2/h6-10,18,22-24,28H,3-5,11-17,19-20H2,1-2H3,(H,35,42)(H,40,41)/t22?,23?,24-,28?/m0/s1. The van der Waals surface area contributed by atoms with Crippen LogP contribution in [0.4, 0.5) is 10.6 Å². The lowest BCUT2D eigenvalue weighted by molar-refractivity contribution is -0.145. The molecule has 3 fully saturated rings. The van der Waals surface area contributed by atoms with Gasteiger partial charge in [-0.1, -0.05) is 43.7 Å². The van der Waals surface area contributed by atoms with Crippen molar-refractivity contribution in [3.8, 4) is 11.4 Å². The van der Waals surface area contributed by atoms with Crippen LogP contribution in [0.1, 0.15) is 50.0 Å². The summed E-state index contributed by atoms with van der Waals surface area (Å²) in [6.45, 7) is 6.60. The van der Waals surface area contributed by atoms with Gasteiger partial charge in [0.25, 0.3) is 5.91 Å². The Balaban J connectivity index is 1.30. The number of unbranched alkanes of at least 4 members (excludes halogenated alkanes) is 1. The van der Waals surface area contributed by atoms with Gasteiger partial charge in [0, 0.05) is 57.3 Å². The van der Waals surface area contributed by atoms with Crippen LogP contribution in [0.15, 0.2) is 36.4 Å². The van der Waals surface area contributed by atoms with Crippen molar-refractivity contribution in [2.45, 2.75) is 45.6 Å². The molecule has 2 N–H and O–H groups in total. The Kier molecular flexibility index (Phi) is 10.9. The highest BCUT2D eigenvalue weighted by atomic mass is 16.6. The first-order chi connectivity index (χ1) is 22.7. The third-order valence-electron chi connectivity index (χ3n) is 8.88. The zero-order valence-corrected chi connectivity index (χ0v) is 26.8. The first-order valence-electron chi connectivity index (χ1n) is 16.3. The highest BCUT2D eigenvalue weighted by Gasteiger charge is 2.60. The van der Waals surface area contributed by atoms with Crippen LogP contribution < -0.4 is 10.2 Å². The highest BCUT2D eigenvalue weighted by Crippen LogP contribution is 2.53. The Labute approximate surface area is 273 Å². The average molecular weight is 651 g/mol. The fraction of sp³-hybridized carbons (Fsp3) is 0.545. The molecule has 3 aliphatic rings. The number of esters is 1. The number of fused-ring (bicyclic) bond motifs is 1. The number of carbonyl (C=O) groups excluding carboxylic acids is 4. The molecule has 3 heterocycles. The number of hydrogen-bond donors (Lipinski definition) is 2. The number of nitrogens with zero attached hydrogens (tertiary/aromatic N) is 5. The van der Waals surface area contributed by atoms with Gasteiger partial charge in [0.05, 0.1) is 19.1 Å². The van der Waals surface area contributed by atoms with Crippen LogP contribution in [0.5, 0.6) is 0 Å². The summed E-state index contributed by atoms with van der Waals surface area (Å²) in [5.74, 6) is -1.32. The molecule has 47 heavy (non-hydrogen) atoms. The third kappa shape index (κ3) is 8.16. The van der Waals surface area contributed by atoms with E-state index in [2.05, 4.69) is 10.3 Å². The van der Waals surface area contributed by atoms with E-state index in [0.717, 1.165) is 12.8 Å². The summed E-state index contributed by atoms with van der Waals surface area (Å²) in [6.07, 6.45) is 0.794. The molecule has 3 amide bonds. The molecule has 0 radical (unpaired) electrons. The first kappa shape index (κ1) is 33.6. The minimum Gasteiger partial charge on any atom is -0.481 e. The molecule has 14 heteroatoms. The monoisotopic (exact) mass is 650 g/mol. The molecule has 1 aromatic carbocycles. The van der Waals surface area contributed by atoms with Gasteiger partial charge >= 0.3 is 18.0 Å². The molecule has 252 valence electrons. The van der Waals surface area contributed by atoms with Crippen LogP contribution >= 0.6 is 0 Å². The number of nitrogens with one attached hydrogen (secondary N) is 1. The summed E-state index contributed by atoms with van der Waals surface area (Å²) >= 11 is 0. The van der Waals surface area contributed by atoms with E-state index in [1.54, 1.807) is 13.0 Å². The van der Waals surface area contributed by atoms with Gasteiger partial charge in [0.2, 0.25) is 5.91 Å². The average Bonchev–Trinajstić information content (AvgIpc) is 3.59. The predicted molar refractivity (Wildman–Crippen MR) is 169 cm³/mol. The SMILES string of the molecule is CCCCOC(=O)N1CCN(C(=O)[C@H](CCC(=O)O)NC(=O)c2cc(N3CC4C(C3)C4C(=O)OCC)nc(-c3ccccc3)n2)CC1. The zero-order valence-electron chi connectivity index (χ0n) is 26.8. The minimum atomic E-state index is -1.12. The molecule has 3 atom stereocenters. The Hall–Kier alpha value is -4.75. The van der Waals surface area contributed by atoms with Crippen molar-refractivity contribution in [2.24, 2.45) is 17.8 Å². The summed E-state index contributed by atoms with van der Waals surface area (Å²) in [6, 6.07) is 9.64. The number of hydrogen-bond acceptors (Lipinski definition) is 10. The lowest BCUT2D eigenvalue weighted by Gasteiger charge is -2.36. The number of amides is 3. The molecule has 1 aliphatic carbocycles. The number of aromatic nitrogens is 2.